The van der Waals surface area contributed by atoms with Crippen LogP contribution in [0, 0.1) is 6.92 Å². The third-order valence-corrected chi connectivity index (χ3v) is 4.20. The molecule has 0 heteroatoms. The van der Waals surface area contributed by atoms with Crippen molar-refractivity contribution in [3.8, 4) is 0 Å². The average Bonchev–Trinajstić information content (AvgIpc) is 2.30. The van der Waals surface area contributed by atoms with Gasteiger partial charge >= 0.3 is 0 Å². The third-order valence-electron chi connectivity index (χ3n) is 4.20. The van der Waals surface area contributed by atoms with E-state index < -0.39 is 0 Å². The fourth-order valence-corrected chi connectivity index (χ4v) is 3.21. The molecule has 0 heterocycles. The molecule has 0 unspecified atom stereocenters. The van der Waals surface area contributed by atoms with Crippen molar-refractivity contribution in [2.45, 2.75) is 57.8 Å². The van der Waals surface area contributed by atoms with Crippen molar-refractivity contribution in [3.05, 3.63) is 35.4 Å². The molecule has 0 nitrogen and oxygen atoms in total. The maximum absolute atomic E-state index is 2.36. The summed E-state index contributed by atoms with van der Waals surface area (Å²) in [5.41, 5.74) is 3.61. The van der Waals surface area contributed by atoms with E-state index in [1.165, 1.54) is 44.1 Å². The molecule has 0 spiro atoms. The number of rotatable bonds is 2. The second-order valence-corrected chi connectivity index (χ2v) is 5.01. The molecular weight excluding hydrogens is 180 g/mol. The Morgan fingerprint density at radius 1 is 1.07 bits per heavy atom. The van der Waals surface area contributed by atoms with E-state index in [0.29, 0.717) is 5.41 Å². The first-order valence-electron chi connectivity index (χ1n) is 6.35. The average molecular weight is 202 g/mol. The van der Waals surface area contributed by atoms with Crippen LogP contribution >= 0.6 is 0 Å². The van der Waals surface area contributed by atoms with Gasteiger partial charge in [-0.15, -0.1) is 0 Å². The summed E-state index contributed by atoms with van der Waals surface area (Å²) in [6.07, 6.45) is 8.37. The Morgan fingerprint density at radius 3 is 2.33 bits per heavy atom. The van der Waals surface area contributed by atoms with Crippen molar-refractivity contribution >= 4 is 0 Å². The zero-order valence-corrected chi connectivity index (χ0v) is 10.1. The summed E-state index contributed by atoms with van der Waals surface area (Å²) in [6, 6.07) is 8.98. The molecule has 0 aromatic heterocycles. The predicted octanol–water partition coefficient (Wildman–Crippen LogP) is 4.61. The molecule has 0 N–H and O–H groups in total. The van der Waals surface area contributed by atoms with Crippen LogP contribution in [0.5, 0.6) is 0 Å². The molecule has 82 valence electrons. The smallest absolute Gasteiger partial charge is 0.00470 e. The highest BCUT2D eigenvalue weighted by atomic mass is 14.4. The van der Waals surface area contributed by atoms with Gasteiger partial charge < -0.3 is 0 Å². The maximum atomic E-state index is 2.36. The van der Waals surface area contributed by atoms with Crippen LogP contribution in [0.25, 0.3) is 0 Å². The zero-order chi connectivity index (χ0) is 10.7. The van der Waals surface area contributed by atoms with Crippen molar-refractivity contribution in [2.24, 2.45) is 0 Å². The first-order valence-corrected chi connectivity index (χ1v) is 6.35. The molecule has 0 atom stereocenters. The Labute approximate surface area is 93.7 Å². The van der Waals surface area contributed by atoms with Crippen LogP contribution in [0.15, 0.2) is 24.3 Å². The van der Waals surface area contributed by atoms with Gasteiger partial charge in [-0.2, -0.15) is 0 Å². The van der Waals surface area contributed by atoms with E-state index >= 15 is 0 Å². The van der Waals surface area contributed by atoms with Gasteiger partial charge in [0.15, 0.2) is 0 Å². The SMILES string of the molecule is CCC1(c2ccccc2C)CCCCC1. The van der Waals surface area contributed by atoms with Gasteiger partial charge in [-0.1, -0.05) is 50.5 Å². The predicted molar refractivity (Wildman–Crippen MR) is 66.2 cm³/mol. The van der Waals surface area contributed by atoms with Crippen molar-refractivity contribution in [1.29, 1.82) is 0 Å². The topological polar surface area (TPSA) is 0 Å². The van der Waals surface area contributed by atoms with Gasteiger partial charge in [-0.3, -0.25) is 0 Å². The molecule has 0 radical (unpaired) electrons. The minimum Gasteiger partial charge on any atom is -0.0645 e. The highest BCUT2D eigenvalue weighted by molar-refractivity contribution is 5.33. The molecule has 2 rings (SSSR count). The molecule has 0 bridgehead atoms. The second-order valence-electron chi connectivity index (χ2n) is 5.01. The Hall–Kier alpha value is -0.780. The standard InChI is InChI=1S/C15H22/c1-3-15(11-7-4-8-12-15)14-10-6-5-9-13(14)2/h5-6,9-10H,3-4,7-8,11-12H2,1-2H3. The summed E-state index contributed by atoms with van der Waals surface area (Å²) >= 11 is 0. The molecule has 0 amide bonds. The van der Waals surface area contributed by atoms with Gasteiger partial charge in [-0.05, 0) is 42.7 Å². The van der Waals surface area contributed by atoms with Crippen LogP contribution in [0.4, 0.5) is 0 Å². The molecule has 1 aromatic rings. The fourth-order valence-electron chi connectivity index (χ4n) is 3.21. The van der Waals surface area contributed by atoms with Gasteiger partial charge in [0.05, 0.1) is 0 Å². The monoisotopic (exact) mass is 202 g/mol. The fraction of sp³-hybridized carbons (Fsp3) is 0.600. The van der Waals surface area contributed by atoms with Crippen LogP contribution in [0.1, 0.15) is 56.6 Å². The maximum Gasteiger partial charge on any atom is -0.00470 e. The van der Waals surface area contributed by atoms with Crippen LogP contribution in [-0.4, -0.2) is 0 Å². The van der Waals surface area contributed by atoms with Crippen molar-refractivity contribution in [3.63, 3.8) is 0 Å². The van der Waals surface area contributed by atoms with E-state index in [0.717, 1.165) is 0 Å². The largest absolute Gasteiger partial charge is 0.0645 e. The molecule has 1 aromatic carbocycles. The van der Waals surface area contributed by atoms with E-state index in [1.807, 2.05) is 0 Å². The van der Waals surface area contributed by atoms with E-state index in [-0.39, 0.29) is 0 Å². The van der Waals surface area contributed by atoms with Crippen LogP contribution in [0.3, 0.4) is 0 Å². The molecule has 0 aliphatic heterocycles. The Balaban J connectivity index is 2.36. The first kappa shape index (κ1) is 10.7. The summed E-state index contributed by atoms with van der Waals surface area (Å²) in [6.45, 7) is 4.62. The van der Waals surface area contributed by atoms with Crippen molar-refractivity contribution < 1.29 is 0 Å². The summed E-state index contributed by atoms with van der Waals surface area (Å²) < 4.78 is 0. The van der Waals surface area contributed by atoms with E-state index in [9.17, 15) is 0 Å². The number of benzene rings is 1. The lowest BCUT2D eigenvalue weighted by Crippen LogP contribution is -2.28. The molecular formula is C15H22. The van der Waals surface area contributed by atoms with Gasteiger partial charge in [0.2, 0.25) is 0 Å². The molecule has 0 saturated heterocycles. The number of hydrogen-bond acceptors (Lipinski definition) is 0. The van der Waals surface area contributed by atoms with Crippen molar-refractivity contribution in [2.75, 3.05) is 0 Å². The van der Waals surface area contributed by atoms with Crippen LogP contribution in [0.2, 0.25) is 0 Å². The minimum atomic E-state index is 0.504. The normalized spacial score (nSPS) is 20.1. The van der Waals surface area contributed by atoms with Crippen LogP contribution in [-0.2, 0) is 5.41 Å². The van der Waals surface area contributed by atoms with Gasteiger partial charge in [0.25, 0.3) is 0 Å². The summed E-state index contributed by atoms with van der Waals surface area (Å²) in [5.74, 6) is 0. The van der Waals surface area contributed by atoms with Crippen LogP contribution < -0.4 is 0 Å². The Kier molecular flexibility index (Phi) is 3.14. The van der Waals surface area contributed by atoms with Crippen molar-refractivity contribution in [1.82, 2.24) is 0 Å². The van der Waals surface area contributed by atoms with E-state index in [1.54, 1.807) is 5.56 Å². The number of aryl methyl sites for hydroxylation is 1. The molecule has 1 saturated carbocycles. The summed E-state index contributed by atoms with van der Waals surface area (Å²) in [4.78, 5) is 0. The molecule has 1 aliphatic carbocycles. The van der Waals surface area contributed by atoms with E-state index in [4.69, 9.17) is 0 Å². The minimum absolute atomic E-state index is 0.504. The highest BCUT2D eigenvalue weighted by Crippen LogP contribution is 2.43. The van der Waals surface area contributed by atoms with Gasteiger partial charge in [0.1, 0.15) is 0 Å². The quantitative estimate of drug-likeness (QED) is 0.657. The Bertz CT molecular complexity index is 319. The molecule has 1 fully saturated rings. The molecule has 1 aliphatic rings. The lowest BCUT2D eigenvalue weighted by atomic mass is 9.67. The van der Waals surface area contributed by atoms with Gasteiger partial charge in [-0.25, -0.2) is 0 Å². The molecule has 15 heavy (non-hydrogen) atoms. The first-order chi connectivity index (χ1) is 7.28. The second kappa shape index (κ2) is 4.38. The summed E-state index contributed by atoms with van der Waals surface area (Å²) in [7, 11) is 0. The zero-order valence-electron chi connectivity index (χ0n) is 10.1. The lowest BCUT2D eigenvalue weighted by Gasteiger charge is -2.38. The lowest BCUT2D eigenvalue weighted by molar-refractivity contribution is 0.282. The highest BCUT2D eigenvalue weighted by Gasteiger charge is 2.32. The van der Waals surface area contributed by atoms with E-state index in [2.05, 4.69) is 38.1 Å². The number of hydrogen-bond donors (Lipinski definition) is 0. The third kappa shape index (κ3) is 1.95. The summed E-state index contributed by atoms with van der Waals surface area (Å²) in [5, 5.41) is 0. The Morgan fingerprint density at radius 2 is 1.73 bits per heavy atom. The van der Waals surface area contributed by atoms with Gasteiger partial charge in [0, 0.05) is 0 Å².